The second kappa shape index (κ2) is 11.8. The van der Waals surface area contributed by atoms with Gasteiger partial charge in [-0.1, -0.05) is 31.6 Å². The molecule has 0 saturated carbocycles. The van der Waals surface area contributed by atoms with Crippen LogP contribution in [-0.2, 0) is 6.42 Å². The van der Waals surface area contributed by atoms with Gasteiger partial charge >= 0.3 is 6.03 Å². The highest BCUT2D eigenvalue weighted by molar-refractivity contribution is 7.09. The van der Waals surface area contributed by atoms with Gasteiger partial charge in [0.25, 0.3) is 5.91 Å². The van der Waals surface area contributed by atoms with Crippen LogP contribution in [-0.4, -0.2) is 57.6 Å². The Morgan fingerprint density at radius 3 is 2.65 bits per heavy atom. The van der Waals surface area contributed by atoms with Crippen molar-refractivity contribution in [3.63, 3.8) is 0 Å². The number of aliphatic hydroxyl groups excluding tert-OH is 1. The molecule has 2 fully saturated rings. The van der Waals surface area contributed by atoms with Crippen LogP contribution in [0.4, 0.5) is 10.5 Å². The van der Waals surface area contributed by atoms with Gasteiger partial charge < -0.3 is 20.2 Å². The van der Waals surface area contributed by atoms with E-state index >= 15 is 0 Å². The molecule has 3 aliphatic rings. The molecule has 3 heterocycles. The smallest absolute Gasteiger partial charge is 0.321 e. The molecule has 7 nitrogen and oxygen atoms in total. The molecule has 2 N–H and O–H groups in total. The Bertz CT molecular complexity index is 1120. The minimum atomic E-state index is -0.353. The third kappa shape index (κ3) is 5.91. The fourth-order valence-corrected chi connectivity index (χ4v) is 6.74. The number of aryl methyl sites for hydroxylation is 1. The summed E-state index contributed by atoms with van der Waals surface area (Å²) in [7, 11) is 0. The lowest BCUT2D eigenvalue weighted by molar-refractivity contribution is 0.0413. The number of piperidine rings is 2. The normalized spacial score (nSPS) is 22.4. The van der Waals surface area contributed by atoms with Gasteiger partial charge in [-0.2, -0.15) is 0 Å². The number of carbonyl (C=O) groups is 2. The molecule has 2 atom stereocenters. The van der Waals surface area contributed by atoms with E-state index in [1.807, 2.05) is 27.3 Å². The minimum absolute atomic E-state index is 0.0509. The molecule has 2 aromatic rings. The van der Waals surface area contributed by atoms with Crippen LogP contribution in [0.1, 0.15) is 85.3 Å². The van der Waals surface area contributed by atoms with Crippen molar-refractivity contribution in [2.45, 2.75) is 76.7 Å². The number of allylic oxidation sites excluding steroid dienone is 1. The number of hydrogen-bond donors (Lipinski definition) is 2. The van der Waals surface area contributed by atoms with Gasteiger partial charge in [-0.05, 0) is 69.1 Å². The average Bonchev–Trinajstić information content (AvgIpc) is 3.43. The second-order valence-corrected chi connectivity index (χ2v) is 11.4. The minimum Gasteiger partial charge on any atom is -0.392 e. The van der Waals surface area contributed by atoms with Crippen molar-refractivity contribution in [1.29, 1.82) is 0 Å². The number of hydrogen-bond acceptors (Lipinski definition) is 5. The van der Waals surface area contributed by atoms with Gasteiger partial charge in [0.2, 0.25) is 0 Å². The number of nitrogens with zero attached hydrogens (tertiary/aromatic N) is 3. The maximum atomic E-state index is 13.3. The van der Waals surface area contributed by atoms with E-state index in [0.29, 0.717) is 31.7 Å². The highest BCUT2D eigenvalue weighted by Crippen LogP contribution is 2.37. The molecule has 198 valence electrons. The molecule has 1 aromatic heterocycles. The number of nitrogens with one attached hydrogen (secondary N) is 1. The fraction of sp³-hybridized carbons (Fsp3) is 0.552. The highest BCUT2D eigenvalue weighted by atomic mass is 32.1. The lowest BCUT2D eigenvalue weighted by Gasteiger charge is -2.40. The molecule has 1 aromatic carbocycles. The molecule has 3 amide bonds. The van der Waals surface area contributed by atoms with E-state index in [4.69, 9.17) is 4.98 Å². The third-order valence-corrected chi connectivity index (χ3v) is 9.03. The Balaban J connectivity index is 1.14. The molecule has 0 bridgehead atoms. The van der Waals surface area contributed by atoms with Crippen LogP contribution in [0.15, 0.2) is 41.4 Å². The van der Waals surface area contributed by atoms with Crippen LogP contribution in [0.5, 0.6) is 0 Å². The summed E-state index contributed by atoms with van der Waals surface area (Å²) in [4.78, 5) is 34.6. The molecule has 8 heteroatoms. The van der Waals surface area contributed by atoms with Crippen molar-refractivity contribution >= 4 is 29.0 Å². The van der Waals surface area contributed by atoms with Gasteiger partial charge in [0, 0.05) is 48.2 Å². The van der Waals surface area contributed by atoms with Crippen molar-refractivity contribution < 1.29 is 14.7 Å². The number of amides is 3. The van der Waals surface area contributed by atoms with E-state index < -0.39 is 0 Å². The standard InChI is InChI=1S/C29H38N4O3S/c1-2-3-6-20-9-11-22(12-10-20)30-29(36)32-16-13-21(14-17-32)27-31-24(19-37-27)28(35)33-18-15-26(34)23-7-4-5-8-25(23)33/h8-12,19,21,23,26,34H,2-7,13-18H2,1H3,(H,30,36). The van der Waals surface area contributed by atoms with Crippen LogP contribution in [0.2, 0.25) is 0 Å². The van der Waals surface area contributed by atoms with Crippen molar-refractivity contribution in [2.75, 3.05) is 25.0 Å². The molecule has 2 unspecified atom stereocenters. The van der Waals surface area contributed by atoms with Gasteiger partial charge in [-0.3, -0.25) is 4.79 Å². The summed E-state index contributed by atoms with van der Waals surface area (Å²) in [6.45, 7) is 4.08. The van der Waals surface area contributed by atoms with E-state index in [9.17, 15) is 14.7 Å². The molecule has 5 rings (SSSR count). The van der Waals surface area contributed by atoms with Crippen LogP contribution in [0.25, 0.3) is 0 Å². The predicted molar refractivity (Wildman–Crippen MR) is 147 cm³/mol. The number of likely N-dealkylation sites (tertiary alicyclic amines) is 2. The Kier molecular flexibility index (Phi) is 8.25. The summed E-state index contributed by atoms with van der Waals surface area (Å²) in [5.41, 5.74) is 3.62. The summed E-state index contributed by atoms with van der Waals surface area (Å²) in [6.07, 6.45) is 10.5. The number of unbranched alkanes of at least 4 members (excludes halogenated alkanes) is 1. The summed E-state index contributed by atoms with van der Waals surface area (Å²) in [6, 6.07) is 8.10. The number of rotatable bonds is 6. The number of urea groups is 1. The second-order valence-electron chi connectivity index (χ2n) is 10.5. The van der Waals surface area contributed by atoms with Crippen LogP contribution < -0.4 is 5.32 Å². The molecular formula is C29H38N4O3S. The first-order valence-corrected chi connectivity index (χ1v) is 14.7. The number of thiazole rings is 1. The molecular weight excluding hydrogens is 484 g/mol. The highest BCUT2D eigenvalue weighted by Gasteiger charge is 2.37. The Morgan fingerprint density at radius 1 is 1.11 bits per heavy atom. The summed E-state index contributed by atoms with van der Waals surface area (Å²) in [5.74, 6) is 0.280. The zero-order valence-corrected chi connectivity index (χ0v) is 22.5. The summed E-state index contributed by atoms with van der Waals surface area (Å²) >= 11 is 1.55. The van der Waals surface area contributed by atoms with Gasteiger partial charge in [-0.15, -0.1) is 11.3 Å². The predicted octanol–water partition coefficient (Wildman–Crippen LogP) is 5.79. The van der Waals surface area contributed by atoms with Gasteiger partial charge in [-0.25, -0.2) is 9.78 Å². The zero-order valence-electron chi connectivity index (χ0n) is 21.7. The van der Waals surface area contributed by atoms with E-state index in [-0.39, 0.29) is 29.9 Å². The first kappa shape index (κ1) is 25.9. The first-order valence-electron chi connectivity index (χ1n) is 13.8. The number of benzene rings is 1. The van der Waals surface area contributed by atoms with Crippen LogP contribution in [0, 0.1) is 5.92 Å². The Morgan fingerprint density at radius 2 is 1.89 bits per heavy atom. The maximum Gasteiger partial charge on any atom is 0.321 e. The van der Waals surface area contributed by atoms with Crippen molar-refractivity contribution in [2.24, 2.45) is 5.92 Å². The van der Waals surface area contributed by atoms with Crippen molar-refractivity contribution in [3.05, 3.63) is 57.7 Å². The first-order chi connectivity index (χ1) is 18.0. The molecule has 1 aliphatic carbocycles. The lowest BCUT2D eigenvalue weighted by atomic mass is 9.82. The number of aromatic nitrogens is 1. The lowest BCUT2D eigenvalue weighted by Crippen LogP contribution is -2.45. The SMILES string of the molecule is CCCCc1ccc(NC(=O)N2CCC(c3nc(C(=O)N4CCC(O)C5CCCC=C54)cs3)CC2)cc1. The average molecular weight is 523 g/mol. The summed E-state index contributed by atoms with van der Waals surface area (Å²) in [5, 5.41) is 16.3. The third-order valence-electron chi connectivity index (χ3n) is 8.02. The maximum absolute atomic E-state index is 13.3. The molecule has 0 spiro atoms. The number of anilines is 1. The van der Waals surface area contributed by atoms with Crippen molar-refractivity contribution in [3.8, 4) is 0 Å². The van der Waals surface area contributed by atoms with Gasteiger partial charge in [0.05, 0.1) is 11.1 Å². The molecule has 2 aliphatic heterocycles. The van der Waals surface area contributed by atoms with Gasteiger partial charge in [0.15, 0.2) is 0 Å². The van der Waals surface area contributed by atoms with E-state index in [2.05, 4.69) is 30.4 Å². The molecule has 2 saturated heterocycles. The van der Waals surface area contributed by atoms with Crippen molar-refractivity contribution in [1.82, 2.24) is 14.8 Å². The monoisotopic (exact) mass is 522 g/mol. The Labute approximate surface area is 223 Å². The molecule has 37 heavy (non-hydrogen) atoms. The zero-order chi connectivity index (χ0) is 25.8. The van der Waals surface area contributed by atoms with E-state index in [1.165, 1.54) is 18.4 Å². The topological polar surface area (TPSA) is 85.8 Å². The quantitative estimate of drug-likeness (QED) is 0.503. The fourth-order valence-electron chi connectivity index (χ4n) is 5.78. The number of fused-ring (bicyclic) bond motifs is 1. The molecule has 0 radical (unpaired) electrons. The number of aliphatic hydroxyl groups is 1. The van der Waals surface area contributed by atoms with E-state index in [1.54, 1.807) is 11.3 Å². The number of carbonyl (C=O) groups excluding carboxylic acids is 2. The van der Waals surface area contributed by atoms with Gasteiger partial charge in [0.1, 0.15) is 5.69 Å². The largest absolute Gasteiger partial charge is 0.392 e. The van der Waals surface area contributed by atoms with Crippen LogP contribution in [0.3, 0.4) is 0 Å². The summed E-state index contributed by atoms with van der Waals surface area (Å²) < 4.78 is 0. The van der Waals surface area contributed by atoms with Crippen LogP contribution >= 0.6 is 11.3 Å². The van der Waals surface area contributed by atoms with E-state index in [0.717, 1.165) is 54.9 Å². The Hall–Kier alpha value is -2.71.